The number of amides is 1. The summed E-state index contributed by atoms with van der Waals surface area (Å²) in [5.41, 5.74) is 1.39. The average Bonchev–Trinajstić information content (AvgIpc) is 3.25. The lowest BCUT2D eigenvalue weighted by Gasteiger charge is -2.18. The molecule has 4 aromatic rings. The molecule has 0 bridgehead atoms. The number of fused-ring (bicyclic) bond motifs is 1. The predicted molar refractivity (Wildman–Crippen MR) is 107 cm³/mol. The second kappa shape index (κ2) is 6.77. The number of aromatic nitrogens is 6. The Hall–Kier alpha value is -3.62. The number of benzene rings is 1. The Kier molecular flexibility index (Phi) is 4.37. The highest BCUT2D eigenvalue weighted by molar-refractivity contribution is 5.94. The fraction of sp³-hybridized carbons (Fsp3) is 0.250. The van der Waals surface area contributed by atoms with Gasteiger partial charge >= 0.3 is 0 Å². The monoisotopic (exact) mass is 393 g/mol. The van der Waals surface area contributed by atoms with E-state index in [4.69, 9.17) is 0 Å². The Bertz CT molecular complexity index is 1200. The van der Waals surface area contributed by atoms with Crippen LogP contribution < -0.4 is 5.32 Å². The maximum atomic E-state index is 13.3. The number of aryl methyl sites for hydroxylation is 1. The number of carbonyl (C=O) groups is 1. The van der Waals surface area contributed by atoms with Gasteiger partial charge in [0.2, 0.25) is 5.91 Å². The van der Waals surface area contributed by atoms with E-state index in [1.165, 1.54) is 18.5 Å². The number of rotatable bonds is 3. The van der Waals surface area contributed by atoms with Crippen LogP contribution in [-0.2, 0) is 4.79 Å². The van der Waals surface area contributed by atoms with Crippen LogP contribution in [0.1, 0.15) is 26.5 Å². The highest BCUT2D eigenvalue weighted by Crippen LogP contribution is 2.25. The minimum absolute atomic E-state index is 0.133. The largest absolute Gasteiger partial charge is 0.310 e. The quantitative estimate of drug-likeness (QED) is 0.576. The van der Waals surface area contributed by atoms with Crippen molar-refractivity contribution in [2.45, 2.75) is 27.7 Å². The number of hydrogen-bond acceptors (Lipinski definition) is 5. The van der Waals surface area contributed by atoms with Crippen molar-refractivity contribution in [2.24, 2.45) is 5.41 Å². The van der Waals surface area contributed by atoms with Gasteiger partial charge in [0, 0.05) is 11.5 Å². The molecule has 148 valence electrons. The molecule has 0 fully saturated rings. The van der Waals surface area contributed by atoms with E-state index >= 15 is 0 Å². The average molecular weight is 393 g/mol. The number of nitrogens with zero attached hydrogens (tertiary/aromatic N) is 6. The van der Waals surface area contributed by atoms with Gasteiger partial charge < -0.3 is 5.32 Å². The first-order valence-corrected chi connectivity index (χ1v) is 9.07. The van der Waals surface area contributed by atoms with Gasteiger partial charge in [-0.05, 0) is 31.2 Å². The van der Waals surface area contributed by atoms with Gasteiger partial charge in [-0.2, -0.15) is 14.9 Å². The van der Waals surface area contributed by atoms with E-state index in [-0.39, 0.29) is 11.7 Å². The van der Waals surface area contributed by atoms with Gasteiger partial charge in [0.15, 0.2) is 11.5 Å². The van der Waals surface area contributed by atoms with E-state index in [2.05, 4.69) is 25.5 Å². The van der Waals surface area contributed by atoms with Crippen LogP contribution in [0.25, 0.3) is 22.5 Å². The zero-order chi connectivity index (χ0) is 20.8. The molecule has 0 aliphatic rings. The van der Waals surface area contributed by atoms with Crippen LogP contribution in [0.15, 0.2) is 42.9 Å². The van der Waals surface area contributed by atoms with Crippen molar-refractivity contribution in [3.63, 3.8) is 0 Å². The lowest BCUT2D eigenvalue weighted by Crippen LogP contribution is -2.28. The molecule has 0 saturated heterocycles. The van der Waals surface area contributed by atoms with Crippen LogP contribution in [0.4, 0.5) is 10.2 Å². The molecule has 1 aromatic carbocycles. The van der Waals surface area contributed by atoms with Crippen molar-refractivity contribution in [3.8, 4) is 11.5 Å². The molecule has 3 aromatic heterocycles. The summed E-state index contributed by atoms with van der Waals surface area (Å²) < 4.78 is 16.4. The summed E-state index contributed by atoms with van der Waals surface area (Å²) in [6.45, 7) is 7.35. The van der Waals surface area contributed by atoms with Crippen molar-refractivity contribution >= 4 is 22.8 Å². The molecule has 1 N–H and O–H groups in total. The number of hydrogen-bond donors (Lipinski definition) is 1. The summed E-state index contributed by atoms with van der Waals surface area (Å²) in [6, 6.07) is 7.75. The van der Waals surface area contributed by atoms with Gasteiger partial charge in [0.25, 0.3) is 0 Å². The summed E-state index contributed by atoms with van der Waals surface area (Å²) in [7, 11) is 0. The normalized spacial score (nSPS) is 11.8. The van der Waals surface area contributed by atoms with Crippen LogP contribution in [0.3, 0.4) is 0 Å². The molecular weight excluding hydrogens is 373 g/mol. The molecule has 0 saturated carbocycles. The SMILES string of the molecule is Cc1cc(NC(=O)C(C)(C)C)n(-c2ncnc3c2cnn3-c2ccc(F)cc2)n1. The zero-order valence-electron chi connectivity index (χ0n) is 16.5. The Labute approximate surface area is 166 Å². The number of anilines is 1. The van der Waals surface area contributed by atoms with Crippen molar-refractivity contribution in [2.75, 3.05) is 5.32 Å². The summed E-state index contributed by atoms with van der Waals surface area (Å²) in [5.74, 6) is 0.537. The molecule has 0 unspecified atom stereocenters. The van der Waals surface area contributed by atoms with E-state index in [1.807, 2.05) is 27.7 Å². The second-order valence-corrected chi connectivity index (χ2v) is 7.75. The highest BCUT2D eigenvalue weighted by atomic mass is 19.1. The molecule has 0 aliphatic carbocycles. The third-order valence-electron chi connectivity index (χ3n) is 4.37. The van der Waals surface area contributed by atoms with E-state index in [0.717, 1.165) is 5.69 Å². The first-order chi connectivity index (χ1) is 13.7. The smallest absolute Gasteiger partial charge is 0.230 e. The predicted octanol–water partition coefficient (Wildman–Crippen LogP) is 3.43. The first-order valence-electron chi connectivity index (χ1n) is 9.07. The van der Waals surface area contributed by atoms with Crippen molar-refractivity contribution in [3.05, 3.63) is 54.4 Å². The van der Waals surface area contributed by atoms with Crippen LogP contribution >= 0.6 is 0 Å². The molecule has 0 aliphatic heterocycles. The van der Waals surface area contributed by atoms with Gasteiger partial charge in [-0.15, -0.1) is 0 Å². The van der Waals surface area contributed by atoms with Gasteiger partial charge in [-0.25, -0.2) is 19.0 Å². The summed E-state index contributed by atoms with van der Waals surface area (Å²) in [4.78, 5) is 21.2. The van der Waals surface area contributed by atoms with Gasteiger partial charge in [0.05, 0.1) is 23.0 Å². The van der Waals surface area contributed by atoms with Crippen LogP contribution in [0, 0.1) is 18.2 Å². The highest BCUT2D eigenvalue weighted by Gasteiger charge is 2.24. The van der Waals surface area contributed by atoms with Crippen molar-refractivity contribution in [1.82, 2.24) is 29.5 Å². The topological polar surface area (TPSA) is 90.5 Å². The molecule has 9 heteroatoms. The van der Waals surface area contributed by atoms with Crippen LogP contribution in [0.5, 0.6) is 0 Å². The second-order valence-electron chi connectivity index (χ2n) is 7.75. The number of nitrogens with one attached hydrogen (secondary N) is 1. The Balaban J connectivity index is 1.82. The lowest BCUT2D eigenvalue weighted by atomic mass is 9.96. The maximum Gasteiger partial charge on any atom is 0.230 e. The molecule has 1 amide bonds. The molecule has 4 rings (SSSR count). The fourth-order valence-electron chi connectivity index (χ4n) is 2.83. The Morgan fingerprint density at radius 2 is 1.83 bits per heavy atom. The van der Waals surface area contributed by atoms with Crippen LogP contribution in [-0.4, -0.2) is 35.4 Å². The third-order valence-corrected chi connectivity index (χ3v) is 4.37. The standard InChI is InChI=1S/C20H20FN7O/c1-12-9-16(25-19(29)20(2,3)4)28(26-12)18-15-10-24-27(17(15)22-11-23-18)14-7-5-13(21)6-8-14/h5-11H,1-4H3,(H,25,29). The summed E-state index contributed by atoms with van der Waals surface area (Å²) >= 11 is 0. The van der Waals surface area contributed by atoms with Gasteiger partial charge in [-0.3, -0.25) is 4.79 Å². The van der Waals surface area contributed by atoms with E-state index in [1.54, 1.807) is 33.8 Å². The molecule has 0 spiro atoms. The minimum atomic E-state index is -0.558. The number of carbonyl (C=O) groups excluding carboxylic acids is 1. The fourth-order valence-corrected chi connectivity index (χ4v) is 2.83. The first kappa shape index (κ1) is 18.7. The van der Waals surface area contributed by atoms with E-state index in [0.29, 0.717) is 28.4 Å². The van der Waals surface area contributed by atoms with Crippen LogP contribution in [0.2, 0.25) is 0 Å². The summed E-state index contributed by atoms with van der Waals surface area (Å²) in [5, 5.41) is 12.4. The molecular formula is C20H20FN7O. The van der Waals surface area contributed by atoms with E-state index < -0.39 is 5.41 Å². The third kappa shape index (κ3) is 3.46. The Morgan fingerprint density at radius 1 is 1.10 bits per heavy atom. The van der Waals surface area contributed by atoms with Crippen molar-refractivity contribution < 1.29 is 9.18 Å². The molecule has 29 heavy (non-hydrogen) atoms. The maximum absolute atomic E-state index is 13.3. The van der Waals surface area contributed by atoms with Gasteiger partial charge in [0.1, 0.15) is 18.0 Å². The molecule has 8 nitrogen and oxygen atoms in total. The minimum Gasteiger partial charge on any atom is -0.310 e. The van der Waals surface area contributed by atoms with Crippen molar-refractivity contribution in [1.29, 1.82) is 0 Å². The summed E-state index contributed by atoms with van der Waals surface area (Å²) in [6.07, 6.45) is 3.03. The lowest BCUT2D eigenvalue weighted by molar-refractivity contribution is -0.123. The number of halogens is 1. The molecule has 0 atom stereocenters. The zero-order valence-corrected chi connectivity index (χ0v) is 16.5. The molecule has 3 heterocycles. The van der Waals surface area contributed by atoms with E-state index in [9.17, 15) is 9.18 Å². The molecule has 0 radical (unpaired) electrons. The Morgan fingerprint density at radius 3 is 2.52 bits per heavy atom. The van der Waals surface area contributed by atoms with Gasteiger partial charge in [-0.1, -0.05) is 20.8 Å².